The average Bonchev–Trinajstić information content (AvgIpc) is 3.63. The van der Waals surface area contributed by atoms with Crippen LogP contribution in [0, 0.1) is 0 Å². The van der Waals surface area contributed by atoms with Gasteiger partial charge >= 0.3 is 5.97 Å². The number of hydrogen-bond donors (Lipinski definition) is 2. The van der Waals surface area contributed by atoms with Crippen molar-refractivity contribution in [3.8, 4) is 17.2 Å². The Labute approximate surface area is 290 Å². The van der Waals surface area contributed by atoms with Crippen LogP contribution in [0.4, 0.5) is 0 Å². The molecule has 1 aliphatic carbocycles. The van der Waals surface area contributed by atoms with Gasteiger partial charge in [0.1, 0.15) is 29.6 Å². The molecule has 268 valence electrons. The van der Waals surface area contributed by atoms with E-state index in [2.05, 4.69) is 30.4 Å². The molecular weight excluding hydrogens is 626 g/mol. The van der Waals surface area contributed by atoms with E-state index in [1.165, 1.54) is 24.0 Å². The molecule has 1 aliphatic rings. The van der Waals surface area contributed by atoms with Gasteiger partial charge in [-0.05, 0) is 111 Å². The molecule has 0 fully saturated rings. The number of aryl methyl sites for hydroxylation is 1. The molecule has 1 atom stereocenters. The molecule has 0 saturated carbocycles. The molecule has 10 nitrogen and oxygen atoms in total. The van der Waals surface area contributed by atoms with Crippen molar-refractivity contribution in [1.29, 1.82) is 0 Å². The Balaban J connectivity index is 1.13. The molecule has 0 amide bonds. The van der Waals surface area contributed by atoms with Crippen LogP contribution in [0.2, 0.25) is 0 Å². The summed E-state index contributed by atoms with van der Waals surface area (Å²) in [5.74, 6) is 2.77. The number of fused-ring (bicyclic) bond motifs is 1. The minimum absolute atomic E-state index is 0.0108. The number of aliphatic carboxylic acids is 1. The molecule has 49 heavy (non-hydrogen) atoms. The SMILES string of the molecule is NCCOCCOCCOCCOc1cccc(OCCCCCOc2ccc3c(c2)CCCC3CC=Cc2ccco2)c1CCC(=O)O. The van der Waals surface area contributed by atoms with Crippen molar-refractivity contribution in [2.45, 2.75) is 63.7 Å². The summed E-state index contributed by atoms with van der Waals surface area (Å²) in [5, 5.41) is 9.30. The van der Waals surface area contributed by atoms with Crippen molar-refractivity contribution >= 4 is 12.0 Å². The molecule has 0 spiro atoms. The number of carbonyl (C=O) groups is 1. The number of furan rings is 1. The second kappa shape index (κ2) is 22.7. The summed E-state index contributed by atoms with van der Waals surface area (Å²) in [6.45, 7) is 4.83. The van der Waals surface area contributed by atoms with Crippen molar-refractivity contribution < 1.29 is 42.7 Å². The van der Waals surface area contributed by atoms with E-state index in [1.54, 1.807) is 6.26 Å². The molecule has 0 bridgehead atoms. The third-order valence-electron chi connectivity index (χ3n) is 8.28. The Bertz CT molecular complexity index is 1370. The molecule has 3 N–H and O–H groups in total. The Morgan fingerprint density at radius 2 is 1.55 bits per heavy atom. The fourth-order valence-electron chi connectivity index (χ4n) is 5.84. The van der Waals surface area contributed by atoms with Gasteiger partial charge in [-0.3, -0.25) is 4.79 Å². The molecule has 1 heterocycles. The van der Waals surface area contributed by atoms with Gasteiger partial charge in [-0.2, -0.15) is 0 Å². The summed E-state index contributed by atoms with van der Waals surface area (Å²) >= 11 is 0. The van der Waals surface area contributed by atoms with Gasteiger partial charge in [-0.25, -0.2) is 0 Å². The highest BCUT2D eigenvalue weighted by atomic mass is 16.6. The first-order valence-electron chi connectivity index (χ1n) is 17.6. The number of rotatable bonds is 26. The molecule has 0 saturated heterocycles. The monoisotopic (exact) mass is 679 g/mol. The summed E-state index contributed by atoms with van der Waals surface area (Å²) in [6, 6.07) is 16.0. The van der Waals surface area contributed by atoms with E-state index in [1.807, 2.05) is 30.3 Å². The van der Waals surface area contributed by atoms with E-state index in [9.17, 15) is 9.90 Å². The van der Waals surface area contributed by atoms with Crippen molar-refractivity contribution in [3.63, 3.8) is 0 Å². The quantitative estimate of drug-likeness (QED) is 0.0870. The third kappa shape index (κ3) is 14.3. The second-order valence-electron chi connectivity index (χ2n) is 12.0. The highest BCUT2D eigenvalue weighted by Crippen LogP contribution is 2.36. The Hall–Kier alpha value is -3.83. The minimum Gasteiger partial charge on any atom is -0.494 e. The van der Waals surface area contributed by atoms with Crippen molar-refractivity contribution in [2.75, 3.05) is 66.0 Å². The number of hydrogen-bond acceptors (Lipinski definition) is 9. The lowest BCUT2D eigenvalue weighted by Gasteiger charge is -2.25. The number of carboxylic acids is 1. The third-order valence-corrected chi connectivity index (χ3v) is 8.28. The lowest BCUT2D eigenvalue weighted by molar-refractivity contribution is -0.136. The standard InChI is InChI=1S/C39H53NO9/c40-19-23-43-24-25-44-26-27-45-28-29-49-38-14-6-13-37(36(38)17-18-39(41)42)48-21-3-1-2-20-47-34-15-16-35-31(8-4-10-32(35)30-34)9-5-11-33-12-7-22-46-33/h5-7,11-16,22,30-31H,1-4,8-10,17-21,23-29,40H2,(H,41,42). The summed E-state index contributed by atoms with van der Waals surface area (Å²) in [5.41, 5.74) is 8.98. The van der Waals surface area contributed by atoms with E-state index in [0.29, 0.717) is 89.8 Å². The molecule has 2 aromatic carbocycles. The smallest absolute Gasteiger partial charge is 0.303 e. The van der Waals surface area contributed by atoms with E-state index in [0.717, 1.165) is 49.2 Å². The number of carboxylic acid groups (broad SMARTS) is 1. The van der Waals surface area contributed by atoms with E-state index in [4.69, 9.17) is 38.6 Å². The molecule has 4 rings (SSSR count). The maximum absolute atomic E-state index is 11.3. The predicted octanol–water partition coefficient (Wildman–Crippen LogP) is 6.84. The number of allylic oxidation sites excluding steroid dienone is 1. The Morgan fingerprint density at radius 3 is 2.27 bits per heavy atom. The van der Waals surface area contributed by atoms with Crippen LogP contribution in [-0.2, 0) is 31.8 Å². The van der Waals surface area contributed by atoms with Gasteiger partial charge in [0, 0.05) is 18.5 Å². The molecule has 10 heteroatoms. The fourth-order valence-corrected chi connectivity index (χ4v) is 5.84. The van der Waals surface area contributed by atoms with Crippen molar-refractivity contribution in [3.05, 3.63) is 83.3 Å². The zero-order chi connectivity index (χ0) is 34.4. The topological polar surface area (TPSA) is 132 Å². The van der Waals surface area contributed by atoms with E-state index < -0.39 is 5.97 Å². The first-order valence-corrected chi connectivity index (χ1v) is 17.6. The Morgan fingerprint density at radius 1 is 0.837 bits per heavy atom. The van der Waals surface area contributed by atoms with Crippen LogP contribution in [0.1, 0.15) is 73.3 Å². The lowest BCUT2D eigenvalue weighted by atomic mass is 9.81. The van der Waals surface area contributed by atoms with Gasteiger partial charge in [-0.1, -0.05) is 18.2 Å². The van der Waals surface area contributed by atoms with Crippen LogP contribution >= 0.6 is 0 Å². The van der Waals surface area contributed by atoms with Gasteiger partial charge in [-0.15, -0.1) is 0 Å². The van der Waals surface area contributed by atoms with Gasteiger partial charge in [0.2, 0.25) is 0 Å². The van der Waals surface area contributed by atoms with Crippen LogP contribution in [0.15, 0.2) is 65.3 Å². The first kappa shape index (κ1) is 38.0. The minimum atomic E-state index is -0.866. The number of ether oxygens (including phenoxy) is 6. The fraction of sp³-hybridized carbons (Fsp3) is 0.513. The highest BCUT2D eigenvalue weighted by Gasteiger charge is 2.20. The number of benzene rings is 2. The Kier molecular flexibility index (Phi) is 17.6. The molecular formula is C39H53NO9. The molecule has 3 aromatic rings. The summed E-state index contributed by atoms with van der Waals surface area (Å²) in [6.07, 6.45) is 13.5. The largest absolute Gasteiger partial charge is 0.494 e. The zero-order valence-corrected chi connectivity index (χ0v) is 28.7. The van der Waals surface area contributed by atoms with Crippen LogP contribution in [0.5, 0.6) is 17.2 Å². The molecule has 0 radical (unpaired) electrons. The zero-order valence-electron chi connectivity index (χ0n) is 28.7. The maximum atomic E-state index is 11.3. The molecule has 0 aliphatic heterocycles. The summed E-state index contributed by atoms with van der Waals surface area (Å²) < 4.78 is 39.9. The summed E-state index contributed by atoms with van der Waals surface area (Å²) in [4.78, 5) is 11.3. The average molecular weight is 680 g/mol. The van der Waals surface area contributed by atoms with Gasteiger partial charge in [0.05, 0.1) is 59.1 Å². The lowest BCUT2D eigenvalue weighted by Crippen LogP contribution is -2.15. The number of unbranched alkanes of at least 4 members (excludes halogenated alkanes) is 2. The van der Waals surface area contributed by atoms with E-state index >= 15 is 0 Å². The van der Waals surface area contributed by atoms with Gasteiger partial charge in [0.15, 0.2) is 0 Å². The molecule has 1 unspecified atom stereocenters. The highest BCUT2D eigenvalue weighted by molar-refractivity contribution is 5.67. The van der Waals surface area contributed by atoms with Crippen LogP contribution < -0.4 is 19.9 Å². The van der Waals surface area contributed by atoms with Crippen LogP contribution in [0.25, 0.3) is 6.08 Å². The van der Waals surface area contributed by atoms with E-state index in [-0.39, 0.29) is 6.42 Å². The normalized spacial score (nSPS) is 14.2. The maximum Gasteiger partial charge on any atom is 0.303 e. The van der Waals surface area contributed by atoms with Crippen molar-refractivity contribution in [1.82, 2.24) is 0 Å². The second-order valence-corrected chi connectivity index (χ2v) is 12.0. The van der Waals surface area contributed by atoms with Crippen LogP contribution in [0.3, 0.4) is 0 Å². The first-order chi connectivity index (χ1) is 24.1. The number of nitrogens with two attached hydrogens (primary N) is 1. The molecule has 1 aromatic heterocycles. The van der Waals surface area contributed by atoms with Crippen molar-refractivity contribution in [2.24, 2.45) is 5.73 Å². The van der Waals surface area contributed by atoms with Gasteiger partial charge in [0.25, 0.3) is 0 Å². The summed E-state index contributed by atoms with van der Waals surface area (Å²) in [7, 11) is 0. The predicted molar refractivity (Wildman–Crippen MR) is 189 cm³/mol. The van der Waals surface area contributed by atoms with Crippen LogP contribution in [-0.4, -0.2) is 77.1 Å². The van der Waals surface area contributed by atoms with Gasteiger partial charge < -0.3 is 43.7 Å².